The summed E-state index contributed by atoms with van der Waals surface area (Å²) in [5.74, 6) is 0.255. The van der Waals surface area contributed by atoms with Gasteiger partial charge in [-0.15, -0.1) is 0 Å². The predicted molar refractivity (Wildman–Crippen MR) is 112 cm³/mol. The number of cyclic esters (lactones) is 1. The number of hydrogen-bond acceptors (Lipinski definition) is 8. The maximum atomic E-state index is 13.2. The molecule has 3 aliphatic rings. The average molecular weight is 425 g/mol. The van der Waals surface area contributed by atoms with Gasteiger partial charge in [0.05, 0.1) is 16.7 Å². The highest BCUT2D eigenvalue weighted by Crippen LogP contribution is 2.46. The summed E-state index contributed by atoms with van der Waals surface area (Å²) in [6.45, 7) is 3.27. The molecule has 1 aliphatic carbocycles. The van der Waals surface area contributed by atoms with E-state index in [4.69, 9.17) is 15.7 Å². The van der Waals surface area contributed by atoms with E-state index < -0.39 is 0 Å². The Bertz CT molecular complexity index is 911. The van der Waals surface area contributed by atoms with Gasteiger partial charge >= 0.3 is 5.97 Å². The Hall–Kier alpha value is -3.14. The summed E-state index contributed by atoms with van der Waals surface area (Å²) in [5, 5.41) is 15.1. The van der Waals surface area contributed by atoms with Gasteiger partial charge in [0.1, 0.15) is 12.9 Å². The van der Waals surface area contributed by atoms with E-state index in [1.807, 2.05) is 6.07 Å². The number of likely N-dealkylation sites (tertiary alicyclic amines) is 1. The maximum Gasteiger partial charge on any atom is 0.336 e. The molecule has 31 heavy (non-hydrogen) atoms. The average Bonchev–Trinajstić information content (AvgIpc) is 3.28. The number of anilines is 1. The van der Waals surface area contributed by atoms with Crippen molar-refractivity contribution >= 4 is 24.0 Å². The Morgan fingerprint density at radius 3 is 2.71 bits per heavy atom. The van der Waals surface area contributed by atoms with Crippen molar-refractivity contribution < 1.29 is 14.3 Å². The highest BCUT2D eigenvalue weighted by molar-refractivity contribution is 5.94. The molecular formula is C21H27N7O3. The Balaban J connectivity index is 1.30. The van der Waals surface area contributed by atoms with Crippen molar-refractivity contribution in [2.24, 2.45) is 10.6 Å². The molecule has 1 aromatic rings. The fourth-order valence-electron chi connectivity index (χ4n) is 4.73. The van der Waals surface area contributed by atoms with Crippen LogP contribution < -0.4 is 10.3 Å². The third-order valence-corrected chi connectivity index (χ3v) is 6.73. The molecule has 3 heterocycles. The lowest BCUT2D eigenvalue weighted by Gasteiger charge is -2.36. The topological polar surface area (TPSA) is 135 Å². The smallest absolute Gasteiger partial charge is 0.336 e. The minimum absolute atomic E-state index is 0.147. The van der Waals surface area contributed by atoms with Crippen LogP contribution in [0.15, 0.2) is 34.8 Å². The van der Waals surface area contributed by atoms with Crippen molar-refractivity contribution in [2.75, 3.05) is 18.2 Å². The lowest BCUT2D eigenvalue weighted by molar-refractivity contribution is -0.138. The van der Waals surface area contributed by atoms with Gasteiger partial charge in [0.15, 0.2) is 5.82 Å². The van der Waals surface area contributed by atoms with Gasteiger partial charge in [-0.1, -0.05) is 11.3 Å². The Morgan fingerprint density at radius 1 is 1.35 bits per heavy atom. The number of nitrogens with one attached hydrogen (secondary N) is 3. The van der Waals surface area contributed by atoms with Crippen LogP contribution >= 0.6 is 0 Å². The molecule has 0 radical (unpaired) electrons. The van der Waals surface area contributed by atoms with Crippen molar-refractivity contribution in [1.82, 2.24) is 15.2 Å². The summed E-state index contributed by atoms with van der Waals surface area (Å²) >= 11 is 0. The first-order valence-corrected chi connectivity index (χ1v) is 10.5. The van der Waals surface area contributed by atoms with Crippen LogP contribution in [0.3, 0.4) is 0 Å². The summed E-state index contributed by atoms with van der Waals surface area (Å²) in [4.78, 5) is 30.9. The Kier molecular flexibility index (Phi) is 5.81. The SMILES string of the molecule is CC1=C(N2CCC3(CCC(NCc4ccc(N(C=N)N=N)nc4)CC3)C2=O)COC1=O. The van der Waals surface area contributed by atoms with Gasteiger partial charge < -0.3 is 15.0 Å². The van der Waals surface area contributed by atoms with E-state index in [0.717, 1.165) is 54.7 Å². The summed E-state index contributed by atoms with van der Waals surface area (Å²) in [5.41, 5.74) is 9.02. The second-order valence-corrected chi connectivity index (χ2v) is 8.39. The van der Waals surface area contributed by atoms with Crippen molar-refractivity contribution in [3.8, 4) is 0 Å². The molecule has 0 aromatic carbocycles. The number of aromatic nitrogens is 1. The van der Waals surface area contributed by atoms with E-state index in [1.165, 1.54) is 0 Å². The fraction of sp³-hybridized carbons (Fsp3) is 0.524. The number of carbonyl (C=O) groups excluding carboxylic acids is 2. The van der Waals surface area contributed by atoms with E-state index in [0.29, 0.717) is 30.5 Å². The van der Waals surface area contributed by atoms with Crippen LogP contribution in [0.2, 0.25) is 0 Å². The molecule has 3 N–H and O–H groups in total. The largest absolute Gasteiger partial charge is 0.456 e. The van der Waals surface area contributed by atoms with E-state index in [1.54, 1.807) is 24.1 Å². The van der Waals surface area contributed by atoms with Gasteiger partial charge in [-0.25, -0.2) is 9.78 Å². The van der Waals surface area contributed by atoms with Crippen LogP contribution in [0.5, 0.6) is 0 Å². The Morgan fingerprint density at radius 2 is 2.13 bits per heavy atom. The molecule has 0 bridgehead atoms. The monoisotopic (exact) mass is 425 g/mol. The molecule has 2 fully saturated rings. The summed E-state index contributed by atoms with van der Waals surface area (Å²) in [7, 11) is 0. The minimum Gasteiger partial charge on any atom is -0.456 e. The summed E-state index contributed by atoms with van der Waals surface area (Å²) in [6, 6.07) is 3.97. The number of rotatable bonds is 7. The van der Waals surface area contributed by atoms with Crippen LogP contribution in [0.1, 0.15) is 44.6 Å². The lowest BCUT2D eigenvalue weighted by Crippen LogP contribution is -2.42. The van der Waals surface area contributed by atoms with E-state index >= 15 is 0 Å². The number of esters is 1. The summed E-state index contributed by atoms with van der Waals surface area (Å²) < 4.78 is 5.09. The van der Waals surface area contributed by atoms with Gasteiger partial charge in [-0.2, -0.15) is 10.5 Å². The van der Waals surface area contributed by atoms with E-state index in [9.17, 15) is 9.59 Å². The molecule has 2 aliphatic heterocycles. The van der Waals surface area contributed by atoms with Gasteiger partial charge in [0.2, 0.25) is 5.91 Å². The third kappa shape index (κ3) is 3.95. The molecule has 1 aromatic heterocycles. The number of pyridine rings is 1. The van der Waals surface area contributed by atoms with Crippen molar-refractivity contribution in [3.63, 3.8) is 0 Å². The zero-order valence-corrected chi connectivity index (χ0v) is 17.6. The van der Waals surface area contributed by atoms with Crippen LogP contribution in [0.25, 0.3) is 0 Å². The van der Waals surface area contributed by atoms with Gasteiger partial charge in [0.25, 0.3) is 0 Å². The quantitative estimate of drug-likeness (QED) is 0.202. The maximum absolute atomic E-state index is 13.2. The van der Waals surface area contributed by atoms with Crippen LogP contribution in [-0.4, -0.2) is 47.3 Å². The first-order valence-electron chi connectivity index (χ1n) is 10.5. The zero-order chi connectivity index (χ0) is 22.0. The van der Waals surface area contributed by atoms with Crippen molar-refractivity contribution in [3.05, 3.63) is 35.2 Å². The predicted octanol–water partition coefficient (Wildman–Crippen LogP) is 2.52. The first-order chi connectivity index (χ1) is 15.0. The van der Waals surface area contributed by atoms with Crippen LogP contribution in [0, 0.1) is 16.4 Å². The molecule has 1 saturated heterocycles. The number of ether oxygens (including phenoxy) is 1. The van der Waals surface area contributed by atoms with E-state index in [2.05, 4.69) is 15.5 Å². The normalized spacial score (nSPS) is 25.8. The van der Waals surface area contributed by atoms with Crippen LogP contribution in [0.4, 0.5) is 5.82 Å². The second kappa shape index (κ2) is 8.54. The molecule has 4 rings (SSSR count). The van der Waals surface area contributed by atoms with Gasteiger partial charge in [-0.05, 0) is 50.7 Å². The van der Waals surface area contributed by atoms with Gasteiger partial charge in [0, 0.05) is 25.3 Å². The standard InChI is InChI=1S/C21H27N7O3/c1-14-17(12-31-19(14)29)27-9-8-21(20(27)30)6-4-16(5-7-21)24-10-15-2-3-18(25-11-15)28(13-22)26-23/h2-3,11,13,16,22-24H,4-10,12H2,1H3. The molecule has 10 nitrogen and oxygen atoms in total. The number of amides is 1. The molecule has 0 atom stereocenters. The molecule has 1 amide bonds. The highest BCUT2D eigenvalue weighted by Gasteiger charge is 2.50. The number of nitrogens with zero attached hydrogens (tertiary/aromatic N) is 4. The van der Waals surface area contributed by atoms with E-state index in [-0.39, 0.29) is 23.9 Å². The zero-order valence-electron chi connectivity index (χ0n) is 17.6. The first kappa shape index (κ1) is 21.1. The molecule has 1 saturated carbocycles. The van der Waals surface area contributed by atoms with Crippen molar-refractivity contribution in [2.45, 2.75) is 51.6 Å². The van der Waals surface area contributed by atoms with Crippen LogP contribution in [-0.2, 0) is 20.9 Å². The molecule has 164 valence electrons. The molecule has 0 unspecified atom stereocenters. The molecular weight excluding hydrogens is 398 g/mol. The van der Waals surface area contributed by atoms with Gasteiger partial charge in [-0.3, -0.25) is 10.2 Å². The fourth-order valence-corrected chi connectivity index (χ4v) is 4.73. The van der Waals surface area contributed by atoms with Crippen molar-refractivity contribution in [1.29, 1.82) is 10.9 Å². The second-order valence-electron chi connectivity index (χ2n) is 8.39. The number of hydrogen-bond donors (Lipinski definition) is 3. The summed E-state index contributed by atoms with van der Waals surface area (Å²) in [6.07, 6.45) is 7.03. The minimum atomic E-state index is -0.321. The lowest BCUT2D eigenvalue weighted by atomic mass is 9.71. The molecule has 10 heteroatoms. The third-order valence-electron chi connectivity index (χ3n) is 6.73. The number of carbonyl (C=O) groups is 2. The molecule has 1 spiro atoms. The highest BCUT2D eigenvalue weighted by atomic mass is 16.5. The Labute approximate surface area is 180 Å².